The van der Waals surface area contributed by atoms with Crippen LogP contribution in [0.15, 0.2) is 30.3 Å². The SMILES string of the molecule is CC(N)C1CCCN(C(=O)C2CCCN(C(=O)CCOc3ccccc3)C2)C1. The molecule has 2 amide bonds. The molecule has 2 heterocycles. The Morgan fingerprint density at radius 1 is 1.11 bits per heavy atom. The van der Waals surface area contributed by atoms with Gasteiger partial charge in [0.15, 0.2) is 0 Å². The minimum absolute atomic E-state index is 0.0699. The molecule has 2 aliphatic rings. The molecular formula is C22H33N3O3. The predicted molar refractivity (Wildman–Crippen MR) is 109 cm³/mol. The average Bonchev–Trinajstić information content (AvgIpc) is 2.74. The van der Waals surface area contributed by atoms with Crippen LogP contribution in [0.5, 0.6) is 5.75 Å². The maximum absolute atomic E-state index is 13.0. The summed E-state index contributed by atoms with van der Waals surface area (Å²) in [6, 6.07) is 9.64. The molecule has 0 bridgehead atoms. The van der Waals surface area contributed by atoms with Crippen LogP contribution >= 0.6 is 0 Å². The predicted octanol–water partition coefficient (Wildman–Crippen LogP) is 2.28. The largest absolute Gasteiger partial charge is 0.493 e. The van der Waals surface area contributed by atoms with Crippen molar-refractivity contribution in [1.82, 2.24) is 9.80 Å². The van der Waals surface area contributed by atoms with Gasteiger partial charge in [-0.25, -0.2) is 0 Å². The Morgan fingerprint density at radius 3 is 2.57 bits per heavy atom. The monoisotopic (exact) mass is 387 g/mol. The van der Waals surface area contributed by atoms with Gasteiger partial charge in [-0.2, -0.15) is 0 Å². The molecule has 1 aromatic carbocycles. The molecule has 6 heteroatoms. The second-order valence-corrected chi connectivity index (χ2v) is 8.14. The fourth-order valence-electron chi connectivity index (χ4n) is 4.23. The van der Waals surface area contributed by atoms with Crippen molar-refractivity contribution < 1.29 is 14.3 Å². The Labute approximate surface area is 168 Å². The summed E-state index contributed by atoms with van der Waals surface area (Å²) in [5.74, 6) is 1.34. The van der Waals surface area contributed by atoms with Crippen molar-refractivity contribution in [3.05, 3.63) is 30.3 Å². The lowest BCUT2D eigenvalue weighted by molar-refractivity contribution is -0.142. The van der Waals surface area contributed by atoms with Crippen LogP contribution in [-0.4, -0.2) is 60.4 Å². The first-order valence-electron chi connectivity index (χ1n) is 10.5. The van der Waals surface area contributed by atoms with Gasteiger partial charge in [-0.3, -0.25) is 9.59 Å². The molecule has 0 saturated carbocycles. The van der Waals surface area contributed by atoms with E-state index in [0.717, 1.165) is 51.1 Å². The van der Waals surface area contributed by atoms with E-state index in [0.29, 0.717) is 25.5 Å². The molecule has 2 fully saturated rings. The van der Waals surface area contributed by atoms with Crippen LogP contribution in [0.3, 0.4) is 0 Å². The Balaban J connectivity index is 1.47. The van der Waals surface area contributed by atoms with Gasteiger partial charge in [0.05, 0.1) is 18.9 Å². The van der Waals surface area contributed by atoms with E-state index in [4.69, 9.17) is 10.5 Å². The maximum Gasteiger partial charge on any atom is 0.227 e. The van der Waals surface area contributed by atoms with E-state index in [1.165, 1.54) is 0 Å². The van der Waals surface area contributed by atoms with Crippen LogP contribution in [-0.2, 0) is 9.59 Å². The molecule has 2 N–H and O–H groups in total. The number of likely N-dealkylation sites (tertiary alicyclic amines) is 2. The van der Waals surface area contributed by atoms with Crippen LogP contribution in [0.25, 0.3) is 0 Å². The van der Waals surface area contributed by atoms with E-state index in [1.54, 1.807) is 0 Å². The van der Waals surface area contributed by atoms with Gasteiger partial charge in [0.2, 0.25) is 11.8 Å². The highest BCUT2D eigenvalue weighted by atomic mass is 16.5. The smallest absolute Gasteiger partial charge is 0.227 e. The van der Waals surface area contributed by atoms with Crippen molar-refractivity contribution in [2.24, 2.45) is 17.6 Å². The highest BCUT2D eigenvalue weighted by Gasteiger charge is 2.33. The summed E-state index contributed by atoms with van der Waals surface area (Å²) in [4.78, 5) is 29.4. The summed E-state index contributed by atoms with van der Waals surface area (Å²) in [6.45, 7) is 5.22. The molecule has 3 atom stereocenters. The van der Waals surface area contributed by atoms with Gasteiger partial charge in [-0.05, 0) is 50.7 Å². The number of nitrogens with two attached hydrogens (primary N) is 1. The molecule has 3 rings (SSSR count). The number of hydrogen-bond donors (Lipinski definition) is 1. The highest BCUT2D eigenvalue weighted by Crippen LogP contribution is 2.24. The van der Waals surface area contributed by atoms with Gasteiger partial charge in [0.1, 0.15) is 5.75 Å². The van der Waals surface area contributed by atoms with Crippen molar-refractivity contribution in [2.45, 2.75) is 45.1 Å². The van der Waals surface area contributed by atoms with E-state index in [1.807, 2.05) is 47.1 Å². The second kappa shape index (κ2) is 9.92. The minimum atomic E-state index is -0.0837. The third-order valence-corrected chi connectivity index (χ3v) is 5.96. The number of para-hydroxylation sites is 1. The number of carbonyl (C=O) groups is 2. The second-order valence-electron chi connectivity index (χ2n) is 8.14. The lowest BCUT2D eigenvalue weighted by atomic mass is 9.90. The fourth-order valence-corrected chi connectivity index (χ4v) is 4.23. The van der Waals surface area contributed by atoms with Crippen LogP contribution in [0.2, 0.25) is 0 Å². The molecule has 6 nitrogen and oxygen atoms in total. The maximum atomic E-state index is 13.0. The van der Waals surface area contributed by atoms with E-state index < -0.39 is 0 Å². The first kappa shape index (κ1) is 20.6. The van der Waals surface area contributed by atoms with E-state index >= 15 is 0 Å². The number of benzene rings is 1. The molecule has 1 aromatic rings. The van der Waals surface area contributed by atoms with Crippen molar-refractivity contribution in [3.63, 3.8) is 0 Å². The molecule has 0 spiro atoms. The first-order chi connectivity index (χ1) is 13.5. The molecule has 3 unspecified atom stereocenters. The molecule has 154 valence electrons. The van der Waals surface area contributed by atoms with Crippen LogP contribution in [0.1, 0.15) is 39.0 Å². The fraction of sp³-hybridized carbons (Fsp3) is 0.636. The average molecular weight is 388 g/mol. The van der Waals surface area contributed by atoms with Crippen molar-refractivity contribution in [1.29, 1.82) is 0 Å². The molecule has 2 aliphatic heterocycles. The van der Waals surface area contributed by atoms with E-state index in [2.05, 4.69) is 0 Å². The quantitative estimate of drug-likeness (QED) is 0.812. The van der Waals surface area contributed by atoms with Gasteiger partial charge in [0, 0.05) is 32.2 Å². The zero-order valence-corrected chi connectivity index (χ0v) is 16.9. The Morgan fingerprint density at radius 2 is 1.82 bits per heavy atom. The normalized spacial score (nSPS) is 23.9. The molecule has 0 aromatic heterocycles. The molecule has 0 radical (unpaired) electrons. The van der Waals surface area contributed by atoms with Gasteiger partial charge in [-0.1, -0.05) is 18.2 Å². The summed E-state index contributed by atoms with van der Waals surface area (Å²) in [6.07, 6.45) is 4.20. The Kier molecular flexibility index (Phi) is 7.31. The summed E-state index contributed by atoms with van der Waals surface area (Å²) in [5.41, 5.74) is 6.06. The first-order valence-corrected chi connectivity index (χ1v) is 10.5. The third-order valence-electron chi connectivity index (χ3n) is 5.96. The number of rotatable bonds is 6. The topological polar surface area (TPSA) is 75.9 Å². The van der Waals surface area contributed by atoms with Crippen molar-refractivity contribution in [3.8, 4) is 5.75 Å². The summed E-state index contributed by atoms with van der Waals surface area (Å²) in [7, 11) is 0. The minimum Gasteiger partial charge on any atom is -0.493 e. The number of nitrogens with zero attached hydrogens (tertiary/aromatic N) is 2. The molecule has 0 aliphatic carbocycles. The third kappa shape index (κ3) is 5.47. The summed E-state index contributed by atoms with van der Waals surface area (Å²) in [5, 5.41) is 0. The van der Waals surface area contributed by atoms with Crippen molar-refractivity contribution in [2.75, 3.05) is 32.8 Å². The summed E-state index contributed by atoms with van der Waals surface area (Å²) < 4.78 is 5.64. The Hall–Kier alpha value is -2.08. The molecular weight excluding hydrogens is 354 g/mol. The number of piperidine rings is 2. The number of hydrogen-bond acceptors (Lipinski definition) is 4. The van der Waals surface area contributed by atoms with Gasteiger partial charge in [-0.15, -0.1) is 0 Å². The lowest BCUT2D eigenvalue weighted by Gasteiger charge is -2.39. The van der Waals surface area contributed by atoms with Crippen LogP contribution in [0.4, 0.5) is 0 Å². The van der Waals surface area contributed by atoms with E-state index in [9.17, 15) is 9.59 Å². The zero-order valence-electron chi connectivity index (χ0n) is 16.9. The number of ether oxygens (including phenoxy) is 1. The van der Waals surface area contributed by atoms with Gasteiger partial charge in [0.25, 0.3) is 0 Å². The van der Waals surface area contributed by atoms with Crippen LogP contribution < -0.4 is 10.5 Å². The molecule has 28 heavy (non-hydrogen) atoms. The number of carbonyl (C=O) groups excluding carboxylic acids is 2. The number of amides is 2. The summed E-state index contributed by atoms with van der Waals surface area (Å²) >= 11 is 0. The van der Waals surface area contributed by atoms with Crippen LogP contribution in [0, 0.1) is 11.8 Å². The van der Waals surface area contributed by atoms with Crippen molar-refractivity contribution >= 4 is 11.8 Å². The standard InChI is InChI=1S/C22H33N3O3/c1-17(23)18-7-5-13-25(15-18)22(27)19-8-6-12-24(16-19)21(26)11-14-28-20-9-3-2-4-10-20/h2-4,9-10,17-19H,5-8,11-16,23H2,1H3. The molecule has 2 saturated heterocycles. The van der Waals surface area contributed by atoms with Gasteiger partial charge >= 0.3 is 0 Å². The van der Waals surface area contributed by atoms with Gasteiger partial charge < -0.3 is 20.3 Å². The van der Waals surface area contributed by atoms with E-state index in [-0.39, 0.29) is 23.8 Å². The highest BCUT2D eigenvalue weighted by molar-refractivity contribution is 5.81. The zero-order chi connectivity index (χ0) is 19.9. The Bertz CT molecular complexity index is 650. The lowest BCUT2D eigenvalue weighted by Crippen LogP contribution is -2.51.